The Kier molecular flexibility index (Phi) is 13.4. The molecule has 0 saturated carbocycles. The molecule has 3 aromatic rings. The average molecular weight is 978 g/mol. The molecule has 0 aliphatic rings. The van der Waals surface area contributed by atoms with E-state index in [2.05, 4.69) is 63.4 Å². The Hall–Kier alpha value is -1.90. The van der Waals surface area contributed by atoms with Gasteiger partial charge in [0.25, 0.3) is 26.1 Å². The maximum Gasteiger partial charge on any atom is 0.296 e. The highest BCUT2D eigenvalue weighted by atomic mass is 79.9. The lowest BCUT2D eigenvalue weighted by Crippen LogP contribution is -2.26. The normalized spacial score (nSPS) is 12.9. The molecule has 268 valence electrons. The van der Waals surface area contributed by atoms with Crippen molar-refractivity contribution in [2.24, 2.45) is 4.99 Å². The van der Waals surface area contributed by atoms with E-state index < -0.39 is 92.3 Å². The highest BCUT2D eigenvalue weighted by Gasteiger charge is 2.37. The molecule has 0 saturated heterocycles. The van der Waals surface area contributed by atoms with Crippen molar-refractivity contribution < 1.29 is 54.3 Å². The molecule has 3 aromatic carbocycles. The molecule has 0 fully saturated rings. The molecule has 0 bridgehead atoms. The van der Waals surface area contributed by atoms with E-state index in [4.69, 9.17) is 23.2 Å². The first kappa shape index (κ1) is 41.5. The highest BCUT2D eigenvalue weighted by Crippen LogP contribution is 2.56. The smallest absolute Gasteiger partial charge is 0.296 e. The monoisotopic (exact) mass is 974 g/mol. The van der Waals surface area contributed by atoms with Gasteiger partial charge in [0.2, 0.25) is 5.91 Å². The largest absolute Gasteiger partial charge is 0.395 e. The molecule has 8 N–H and O–H groups in total. The molecule has 0 aliphatic heterocycles. The van der Waals surface area contributed by atoms with Gasteiger partial charge in [0.1, 0.15) is 26.4 Å². The van der Waals surface area contributed by atoms with Crippen LogP contribution in [0, 0.1) is 0 Å². The van der Waals surface area contributed by atoms with Crippen LogP contribution in [0.5, 0.6) is 0 Å². The summed E-state index contributed by atoms with van der Waals surface area (Å²) < 4.78 is 96.9. The van der Waals surface area contributed by atoms with Crippen molar-refractivity contribution in [3.8, 4) is 0 Å². The van der Waals surface area contributed by atoms with E-state index in [9.17, 15) is 54.3 Å². The van der Waals surface area contributed by atoms with Crippen LogP contribution in [0.3, 0.4) is 0 Å². The van der Waals surface area contributed by atoms with Crippen LogP contribution in [0.25, 0.3) is 0 Å². The van der Waals surface area contributed by atoms with Crippen LogP contribution in [-0.4, -0.2) is 82.4 Å². The summed E-state index contributed by atoms with van der Waals surface area (Å²) in [5, 5.41) is 13.2. The van der Waals surface area contributed by atoms with Crippen LogP contribution in [-0.2, 0) is 29.8 Å². The average Bonchev–Trinajstić information content (AvgIpc) is 2.92. The Morgan fingerprint density at radius 1 is 0.837 bits per heavy atom. The third kappa shape index (κ3) is 9.71. The number of hydrogen-bond donors (Lipinski definition) is 8. The fourth-order valence-electron chi connectivity index (χ4n) is 4.07. The minimum Gasteiger partial charge on any atom is -0.395 e. The zero-order valence-electron chi connectivity index (χ0n) is 24.4. The Bertz CT molecular complexity index is 2120. The molecule has 0 radical (unpaired) electrons. The SMILES string of the molecule is CC(=O)Nc1cc(N(C)CCO)ccc1N=C(C(=O)Nc1cc(Cl)c(S(=O)(=O)O)cc1Cl)c1c(Br)c(S(O)(O)O)c(Br)c(S(=O)(=O)O)c1Br. The number of anilines is 3. The number of carbonyl (C=O) groups is 2. The second-order valence-electron chi connectivity index (χ2n) is 9.65. The molecule has 49 heavy (non-hydrogen) atoms. The highest BCUT2D eigenvalue weighted by molar-refractivity contribution is 9.11. The van der Waals surface area contributed by atoms with Gasteiger partial charge in [0.15, 0.2) is 0 Å². The van der Waals surface area contributed by atoms with Crippen molar-refractivity contribution in [2.45, 2.75) is 21.6 Å². The van der Waals surface area contributed by atoms with Gasteiger partial charge in [-0.15, -0.1) is 0 Å². The maximum atomic E-state index is 14.1. The molecule has 3 rings (SSSR count). The van der Waals surface area contributed by atoms with Crippen molar-refractivity contribution in [1.82, 2.24) is 0 Å². The van der Waals surface area contributed by atoms with Crippen molar-refractivity contribution in [1.29, 1.82) is 0 Å². The summed E-state index contributed by atoms with van der Waals surface area (Å²) in [4.78, 5) is 29.4. The molecule has 0 aromatic heterocycles. The molecule has 24 heteroatoms. The number of hydrogen-bond acceptors (Lipinski definition) is 12. The van der Waals surface area contributed by atoms with Crippen LogP contribution < -0.4 is 15.5 Å². The predicted octanol–water partition coefficient (Wildman–Crippen LogP) is 6.50. The Morgan fingerprint density at radius 3 is 1.94 bits per heavy atom. The molecule has 0 aliphatic carbocycles. The van der Waals surface area contributed by atoms with Crippen molar-refractivity contribution in [3.05, 3.63) is 59.4 Å². The number of aliphatic imine (C=N–C) groups is 1. The van der Waals surface area contributed by atoms with Gasteiger partial charge >= 0.3 is 0 Å². The quantitative estimate of drug-likeness (QED) is 0.0754. The van der Waals surface area contributed by atoms with E-state index in [0.717, 1.165) is 12.1 Å². The van der Waals surface area contributed by atoms with Crippen molar-refractivity contribution >= 4 is 142 Å². The molecular formula is C25H23Br3Cl2N4O12S3. The molecule has 16 nitrogen and oxygen atoms in total. The minimum absolute atomic E-state index is 0.00954. The van der Waals surface area contributed by atoms with Gasteiger partial charge in [-0.05, 0) is 78.1 Å². The number of aliphatic hydroxyl groups is 1. The first-order valence-electron chi connectivity index (χ1n) is 12.7. The number of likely N-dealkylation sites (N-methyl/N-ethyl adjacent to an activating group) is 1. The molecule has 0 spiro atoms. The molecule has 0 heterocycles. The third-order valence-corrected chi connectivity index (χ3v) is 13.1. The summed E-state index contributed by atoms with van der Waals surface area (Å²) in [6.07, 6.45) is 0. The minimum atomic E-state index is -5.28. The number of rotatable bonds is 11. The van der Waals surface area contributed by atoms with Gasteiger partial charge in [-0.1, -0.05) is 23.2 Å². The summed E-state index contributed by atoms with van der Waals surface area (Å²) in [6, 6.07) is 5.84. The standard InChI is InChI=1S/C25H23Br3Cl2N4O12S3/c1-10(36)31-16-7-11(34(2)5-6-35)3-4-14(16)32-22(25(37)33-15-8-13(30)17(9-12(15)29)47(38,39)40)18-19(26)23(48(41,42)43)21(28)24(20(18)27)49(44,45)46/h3-4,7-9,35,41-43H,5-6H2,1-2H3,(H,31,36)(H,33,37)(H,38,39,40)(H,44,45,46). The van der Waals surface area contributed by atoms with Crippen LogP contribution in [0.15, 0.2) is 63.4 Å². The lowest BCUT2D eigenvalue weighted by Gasteiger charge is -2.26. The number of halogens is 5. The summed E-state index contributed by atoms with van der Waals surface area (Å²) >= 11 is 21.1. The van der Waals surface area contributed by atoms with Crippen molar-refractivity contribution in [3.63, 3.8) is 0 Å². The predicted molar refractivity (Wildman–Crippen MR) is 195 cm³/mol. The van der Waals surface area contributed by atoms with Gasteiger partial charge in [0.05, 0.1) is 47.6 Å². The molecule has 0 atom stereocenters. The number of aliphatic hydroxyl groups excluding tert-OH is 1. The lowest BCUT2D eigenvalue weighted by atomic mass is 10.1. The lowest BCUT2D eigenvalue weighted by molar-refractivity contribution is -0.114. The fraction of sp³-hybridized carbons (Fsp3) is 0.160. The van der Waals surface area contributed by atoms with Crippen molar-refractivity contribution in [2.75, 3.05) is 35.7 Å². The fourth-order valence-corrected chi connectivity index (χ4v) is 11.7. The van der Waals surface area contributed by atoms with E-state index >= 15 is 0 Å². The number of carbonyl (C=O) groups excluding carboxylic acids is 2. The zero-order valence-corrected chi connectivity index (χ0v) is 33.2. The van der Waals surface area contributed by atoms with E-state index in [1.54, 1.807) is 11.9 Å². The van der Waals surface area contributed by atoms with Gasteiger partial charge < -0.3 is 34.3 Å². The molecular weight excluding hydrogens is 955 g/mol. The zero-order chi connectivity index (χ0) is 37.4. The van der Waals surface area contributed by atoms with Gasteiger partial charge in [0, 0.05) is 36.2 Å². The van der Waals surface area contributed by atoms with Crippen LogP contribution in [0.1, 0.15) is 12.5 Å². The van der Waals surface area contributed by atoms with Crippen LogP contribution in [0.4, 0.5) is 22.7 Å². The van der Waals surface area contributed by atoms with E-state index in [1.807, 2.05) is 0 Å². The molecule has 2 amide bonds. The van der Waals surface area contributed by atoms with E-state index in [-0.39, 0.29) is 30.2 Å². The van der Waals surface area contributed by atoms with E-state index in [0.29, 0.717) is 5.69 Å². The first-order chi connectivity index (χ1) is 22.4. The Morgan fingerprint density at radius 2 is 1.43 bits per heavy atom. The first-order valence-corrected chi connectivity index (χ1v) is 20.2. The second kappa shape index (κ2) is 15.8. The molecule has 0 unspecified atom stereocenters. The topological polar surface area (TPSA) is 263 Å². The van der Waals surface area contributed by atoms with Gasteiger partial charge in [-0.25, -0.2) is 4.99 Å². The maximum absolute atomic E-state index is 14.1. The summed E-state index contributed by atoms with van der Waals surface area (Å²) in [7, 11) is -13.3. The Balaban J connectivity index is 2.49. The third-order valence-electron chi connectivity index (χ3n) is 6.17. The summed E-state index contributed by atoms with van der Waals surface area (Å²) in [6.45, 7) is 1.14. The summed E-state index contributed by atoms with van der Waals surface area (Å²) in [5.41, 5.74) is -1.45. The number of nitrogens with one attached hydrogen (secondary N) is 2. The Labute approximate surface area is 316 Å². The van der Waals surface area contributed by atoms with E-state index in [1.165, 1.54) is 25.1 Å². The summed E-state index contributed by atoms with van der Waals surface area (Å²) in [5.74, 6) is -1.85. The second-order valence-corrected chi connectivity index (χ2v) is 17.0. The van der Waals surface area contributed by atoms with Crippen LogP contribution >= 0.6 is 81.9 Å². The number of nitrogens with zero attached hydrogens (tertiary/aromatic N) is 2. The van der Waals surface area contributed by atoms with Gasteiger partial charge in [-0.3, -0.25) is 18.7 Å². The number of amides is 2. The number of benzene rings is 3. The van der Waals surface area contributed by atoms with Gasteiger partial charge in [-0.2, -0.15) is 16.8 Å². The van der Waals surface area contributed by atoms with Crippen LogP contribution in [0.2, 0.25) is 10.0 Å².